The van der Waals surface area contributed by atoms with Gasteiger partial charge in [-0.15, -0.1) is 0 Å². The van der Waals surface area contributed by atoms with E-state index in [1.807, 2.05) is 0 Å². The minimum Gasteiger partial charge on any atom is -0.489 e. The van der Waals surface area contributed by atoms with E-state index in [2.05, 4.69) is 4.74 Å². The van der Waals surface area contributed by atoms with Gasteiger partial charge in [0.15, 0.2) is 0 Å². The molecule has 0 amide bonds. The summed E-state index contributed by atoms with van der Waals surface area (Å²) in [7, 11) is -2.22. The van der Waals surface area contributed by atoms with Crippen LogP contribution in [0.5, 0.6) is 5.75 Å². The van der Waals surface area contributed by atoms with Gasteiger partial charge in [-0.05, 0) is 42.0 Å². The van der Waals surface area contributed by atoms with Crippen LogP contribution in [0.25, 0.3) is 0 Å². The maximum atomic E-state index is 12.7. The molecule has 0 aromatic heterocycles. The van der Waals surface area contributed by atoms with Gasteiger partial charge in [-0.2, -0.15) is 4.31 Å². The number of nitrogens with zero attached hydrogens (tertiary/aromatic N) is 1. The standard InChI is InChI=1S/C19H21NO6S/c1-24-19(21)16-5-7-17(8-6-16)26-14-15-3-2-4-18(13-15)27(22,23)20-9-11-25-12-10-20/h2-8,13H,9-12,14H2,1H3. The van der Waals surface area contributed by atoms with Crippen LogP contribution < -0.4 is 4.74 Å². The third kappa shape index (κ3) is 4.65. The number of carbonyl (C=O) groups excluding carboxylic acids is 1. The fraction of sp³-hybridized carbons (Fsp3) is 0.316. The summed E-state index contributed by atoms with van der Waals surface area (Å²) in [6, 6.07) is 13.3. The van der Waals surface area contributed by atoms with Crippen molar-refractivity contribution in [1.82, 2.24) is 4.31 Å². The van der Waals surface area contributed by atoms with E-state index < -0.39 is 16.0 Å². The van der Waals surface area contributed by atoms with Gasteiger partial charge in [0.25, 0.3) is 0 Å². The smallest absolute Gasteiger partial charge is 0.337 e. The molecule has 0 saturated carbocycles. The highest BCUT2D eigenvalue weighted by atomic mass is 32.2. The van der Waals surface area contributed by atoms with Gasteiger partial charge in [-0.1, -0.05) is 12.1 Å². The number of rotatable bonds is 6. The zero-order chi connectivity index (χ0) is 19.3. The second-order valence-electron chi connectivity index (χ2n) is 5.97. The first-order valence-corrected chi connectivity index (χ1v) is 9.93. The van der Waals surface area contributed by atoms with Crippen LogP contribution in [0.3, 0.4) is 0 Å². The Morgan fingerprint density at radius 1 is 1.11 bits per heavy atom. The highest BCUT2D eigenvalue weighted by molar-refractivity contribution is 7.89. The molecule has 0 bridgehead atoms. The van der Waals surface area contributed by atoms with Gasteiger partial charge in [0.1, 0.15) is 12.4 Å². The average molecular weight is 391 g/mol. The molecule has 0 atom stereocenters. The van der Waals surface area contributed by atoms with E-state index in [1.54, 1.807) is 48.5 Å². The second kappa shape index (κ2) is 8.51. The summed E-state index contributed by atoms with van der Waals surface area (Å²) in [6.07, 6.45) is 0. The predicted octanol–water partition coefficient (Wildman–Crippen LogP) is 2.07. The Bertz CT molecular complexity index is 889. The maximum Gasteiger partial charge on any atom is 0.337 e. The second-order valence-corrected chi connectivity index (χ2v) is 7.91. The number of methoxy groups -OCH3 is 1. The van der Waals surface area contributed by atoms with Crippen molar-refractivity contribution in [1.29, 1.82) is 0 Å². The molecule has 7 nitrogen and oxygen atoms in total. The first-order chi connectivity index (χ1) is 13.0. The molecule has 1 fully saturated rings. The van der Waals surface area contributed by atoms with Gasteiger partial charge in [0.2, 0.25) is 10.0 Å². The minimum absolute atomic E-state index is 0.212. The first kappa shape index (κ1) is 19.3. The Labute approximate surface area is 158 Å². The number of ether oxygens (including phenoxy) is 3. The summed E-state index contributed by atoms with van der Waals surface area (Å²) in [4.78, 5) is 11.7. The first-order valence-electron chi connectivity index (χ1n) is 8.49. The van der Waals surface area contributed by atoms with Gasteiger partial charge in [0.05, 0.1) is 30.8 Å². The summed E-state index contributed by atoms with van der Waals surface area (Å²) < 4.78 is 42.5. The molecule has 2 aromatic carbocycles. The average Bonchev–Trinajstić information content (AvgIpc) is 2.73. The van der Waals surface area contributed by atoms with Gasteiger partial charge in [-0.3, -0.25) is 0 Å². The Balaban J connectivity index is 1.68. The van der Waals surface area contributed by atoms with Gasteiger partial charge in [-0.25, -0.2) is 13.2 Å². The van der Waals surface area contributed by atoms with E-state index in [4.69, 9.17) is 9.47 Å². The lowest BCUT2D eigenvalue weighted by Gasteiger charge is -2.26. The van der Waals surface area contributed by atoms with E-state index in [9.17, 15) is 13.2 Å². The topological polar surface area (TPSA) is 82.1 Å². The van der Waals surface area contributed by atoms with E-state index >= 15 is 0 Å². The molecule has 2 aromatic rings. The fourth-order valence-corrected chi connectivity index (χ4v) is 4.18. The molecule has 0 aliphatic carbocycles. The normalized spacial score (nSPS) is 15.3. The van der Waals surface area contributed by atoms with Crippen molar-refractivity contribution >= 4 is 16.0 Å². The van der Waals surface area contributed by atoms with Crippen LogP contribution in [0.2, 0.25) is 0 Å². The molecule has 0 unspecified atom stereocenters. The van der Waals surface area contributed by atoms with Crippen molar-refractivity contribution in [2.45, 2.75) is 11.5 Å². The Morgan fingerprint density at radius 2 is 1.81 bits per heavy atom. The van der Waals surface area contributed by atoms with E-state index in [0.717, 1.165) is 5.56 Å². The third-order valence-electron chi connectivity index (χ3n) is 4.19. The van der Waals surface area contributed by atoms with Crippen molar-refractivity contribution < 1.29 is 27.4 Å². The summed E-state index contributed by atoms with van der Waals surface area (Å²) in [5.74, 6) is 0.159. The molecule has 144 valence electrons. The molecule has 8 heteroatoms. The summed E-state index contributed by atoms with van der Waals surface area (Å²) in [6.45, 7) is 1.74. The Hall–Kier alpha value is -2.42. The molecule has 27 heavy (non-hydrogen) atoms. The van der Waals surface area contributed by atoms with Crippen molar-refractivity contribution in [3.63, 3.8) is 0 Å². The van der Waals surface area contributed by atoms with Gasteiger partial charge in [0, 0.05) is 13.1 Å². The number of esters is 1. The van der Waals surface area contributed by atoms with Crippen LogP contribution in [-0.4, -0.2) is 52.1 Å². The molecule has 0 N–H and O–H groups in total. The lowest BCUT2D eigenvalue weighted by atomic mass is 10.2. The summed E-state index contributed by atoms with van der Waals surface area (Å²) in [5, 5.41) is 0. The number of carbonyl (C=O) groups is 1. The minimum atomic E-state index is -3.54. The Kier molecular flexibility index (Phi) is 6.10. The number of sulfonamides is 1. The third-order valence-corrected chi connectivity index (χ3v) is 6.08. The van der Waals surface area contributed by atoms with E-state index in [0.29, 0.717) is 37.6 Å². The van der Waals surface area contributed by atoms with E-state index in [-0.39, 0.29) is 11.5 Å². The lowest BCUT2D eigenvalue weighted by molar-refractivity contribution is 0.0600. The highest BCUT2D eigenvalue weighted by Crippen LogP contribution is 2.20. The molecular formula is C19H21NO6S. The van der Waals surface area contributed by atoms with E-state index in [1.165, 1.54) is 11.4 Å². The van der Waals surface area contributed by atoms with Crippen molar-refractivity contribution in [2.24, 2.45) is 0 Å². The van der Waals surface area contributed by atoms with Crippen LogP contribution in [0.1, 0.15) is 15.9 Å². The summed E-state index contributed by atoms with van der Waals surface area (Å²) in [5.41, 5.74) is 1.17. The SMILES string of the molecule is COC(=O)c1ccc(OCc2cccc(S(=O)(=O)N3CCOCC3)c2)cc1. The molecule has 3 rings (SSSR count). The number of hydrogen-bond acceptors (Lipinski definition) is 6. The molecule has 1 saturated heterocycles. The number of hydrogen-bond donors (Lipinski definition) is 0. The zero-order valence-electron chi connectivity index (χ0n) is 15.0. The quantitative estimate of drug-likeness (QED) is 0.701. The van der Waals surface area contributed by atoms with Crippen molar-refractivity contribution in [3.8, 4) is 5.75 Å². The van der Waals surface area contributed by atoms with Crippen LogP contribution in [0, 0.1) is 0 Å². The van der Waals surface area contributed by atoms with Crippen molar-refractivity contribution in [2.75, 3.05) is 33.4 Å². The molecule has 1 aliphatic rings. The predicted molar refractivity (Wildman–Crippen MR) is 98.1 cm³/mol. The number of benzene rings is 2. The summed E-state index contributed by atoms with van der Waals surface area (Å²) >= 11 is 0. The highest BCUT2D eigenvalue weighted by Gasteiger charge is 2.26. The maximum absolute atomic E-state index is 12.7. The fourth-order valence-electron chi connectivity index (χ4n) is 2.70. The molecule has 0 radical (unpaired) electrons. The van der Waals surface area contributed by atoms with Gasteiger partial charge >= 0.3 is 5.97 Å². The Morgan fingerprint density at radius 3 is 2.48 bits per heavy atom. The molecule has 0 spiro atoms. The molecule has 1 heterocycles. The van der Waals surface area contributed by atoms with Gasteiger partial charge < -0.3 is 14.2 Å². The van der Waals surface area contributed by atoms with Crippen LogP contribution in [0.15, 0.2) is 53.4 Å². The zero-order valence-corrected chi connectivity index (χ0v) is 15.8. The monoisotopic (exact) mass is 391 g/mol. The number of morpholine rings is 1. The largest absolute Gasteiger partial charge is 0.489 e. The molecule has 1 aliphatic heterocycles. The van der Waals surface area contributed by atoms with Crippen LogP contribution in [0.4, 0.5) is 0 Å². The van der Waals surface area contributed by atoms with Crippen LogP contribution >= 0.6 is 0 Å². The van der Waals surface area contributed by atoms with Crippen LogP contribution in [-0.2, 0) is 26.1 Å². The van der Waals surface area contributed by atoms with Crippen molar-refractivity contribution in [3.05, 3.63) is 59.7 Å². The lowest BCUT2D eigenvalue weighted by Crippen LogP contribution is -2.40. The molecular weight excluding hydrogens is 370 g/mol.